The zero-order valence-electron chi connectivity index (χ0n) is 11.6. The summed E-state index contributed by atoms with van der Waals surface area (Å²) in [6, 6.07) is 7.46. The second kappa shape index (κ2) is 5.05. The first kappa shape index (κ1) is 13.4. The maximum absolute atomic E-state index is 12.6. The monoisotopic (exact) mass is 285 g/mol. The third kappa shape index (κ3) is 2.40. The van der Waals surface area contributed by atoms with Gasteiger partial charge in [0.25, 0.3) is 5.91 Å². The molecule has 0 fully saturated rings. The molecular formula is C15H15N3O3. The van der Waals surface area contributed by atoms with Crippen molar-refractivity contribution in [1.29, 1.82) is 0 Å². The van der Waals surface area contributed by atoms with Crippen molar-refractivity contribution in [1.82, 2.24) is 9.78 Å². The van der Waals surface area contributed by atoms with Gasteiger partial charge in [0.1, 0.15) is 0 Å². The average molecular weight is 285 g/mol. The Morgan fingerprint density at radius 3 is 2.81 bits per heavy atom. The highest BCUT2D eigenvalue weighted by molar-refractivity contribution is 6.07. The van der Waals surface area contributed by atoms with Crippen LogP contribution in [0.25, 0.3) is 0 Å². The maximum atomic E-state index is 12.6. The largest absolute Gasteiger partial charge is 0.481 e. The summed E-state index contributed by atoms with van der Waals surface area (Å²) in [6.07, 6.45) is 3.21. The van der Waals surface area contributed by atoms with Crippen molar-refractivity contribution < 1.29 is 14.7 Å². The fraction of sp³-hybridized carbons (Fsp3) is 0.267. The molecule has 0 saturated carbocycles. The van der Waals surface area contributed by atoms with E-state index >= 15 is 0 Å². The van der Waals surface area contributed by atoms with Crippen LogP contribution in [0.5, 0.6) is 0 Å². The van der Waals surface area contributed by atoms with Gasteiger partial charge >= 0.3 is 5.97 Å². The number of hydrogen-bond donors (Lipinski definition) is 1. The Kier molecular flexibility index (Phi) is 3.21. The number of carbonyl (C=O) groups excluding carboxylic acids is 1. The second-order valence-corrected chi connectivity index (χ2v) is 5.17. The molecule has 108 valence electrons. The molecule has 2 aromatic rings. The lowest BCUT2D eigenvalue weighted by Crippen LogP contribution is -2.30. The van der Waals surface area contributed by atoms with E-state index in [2.05, 4.69) is 5.10 Å². The maximum Gasteiger partial charge on any atom is 0.304 e. The Labute approximate surface area is 121 Å². The van der Waals surface area contributed by atoms with Gasteiger partial charge in [0, 0.05) is 31.4 Å². The van der Waals surface area contributed by atoms with Crippen LogP contribution in [0.1, 0.15) is 28.3 Å². The van der Waals surface area contributed by atoms with Gasteiger partial charge < -0.3 is 10.0 Å². The third-order valence-electron chi connectivity index (χ3n) is 3.69. The van der Waals surface area contributed by atoms with Gasteiger partial charge in [-0.15, -0.1) is 0 Å². The van der Waals surface area contributed by atoms with Crippen molar-refractivity contribution >= 4 is 17.6 Å². The molecule has 1 aliphatic rings. The van der Waals surface area contributed by atoms with E-state index in [1.54, 1.807) is 22.8 Å². The number of fused-ring (bicyclic) bond motifs is 1. The molecule has 6 heteroatoms. The normalized spacial score (nSPS) is 16.8. The molecule has 21 heavy (non-hydrogen) atoms. The van der Waals surface area contributed by atoms with Gasteiger partial charge in [0.15, 0.2) is 0 Å². The fourth-order valence-corrected chi connectivity index (χ4v) is 2.76. The van der Waals surface area contributed by atoms with Gasteiger partial charge in [-0.3, -0.25) is 14.3 Å². The van der Waals surface area contributed by atoms with E-state index in [9.17, 15) is 9.59 Å². The van der Waals surface area contributed by atoms with Crippen molar-refractivity contribution in [3.8, 4) is 0 Å². The Bertz CT molecular complexity index is 708. The quantitative estimate of drug-likeness (QED) is 0.930. The summed E-state index contributed by atoms with van der Waals surface area (Å²) in [5, 5.41) is 13.0. The van der Waals surface area contributed by atoms with Crippen LogP contribution in [-0.2, 0) is 11.8 Å². The lowest BCUT2D eigenvalue weighted by Gasteiger charge is -2.16. The number of aryl methyl sites for hydroxylation is 1. The third-order valence-corrected chi connectivity index (χ3v) is 3.69. The van der Waals surface area contributed by atoms with Crippen LogP contribution < -0.4 is 4.90 Å². The lowest BCUT2D eigenvalue weighted by atomic mass is 9.98. The minimum Gasteiger partial charge on any atom is -0.481 e. The molecule has 0 bridgehead atoms. The summed E-state index contributed by atoms with van der Waals surface area (Å²) >= 11 is 0. The number of aromatic nitrogens is 2. The van der Waals surface area contributed by atoms with Gasteiger partial charge in [-0.1, -0.05) is 18.2 Å². The summed E-state index contributed by atoms with van der Waals surface area (Å²) in [7, 11) is 1.75. The van der Waals surface area contributed by atoms with Crippen molar-refractivity contribution in [2.24, 2.45) is 7.05 Å². The van der Waals surface area contributed by atoms with Crippen LogP contribution in [-0.4, -0.2) is 33.3 Å². The lowest BCUT2D eigenvalue weighted by molar-refractivity contribution is -0.137. The van der Waals surface area contributed by atoms with Crippen molar-refractivity contribution in [3.63, 3.8) is 0 Å². The van der Waals surface area contributed by atoms with E-state index in [-0.39, 0.29) is 18.2 Å². The van der Waals surface area contributed by atoms with Crippen LogP contribution in [0.15, 0.2) is 36.7 Å². The predicted octanol–water partition coefficient (Wildman–Crippen LogP) is 1.64. The van der Waals surface area contributed by atoms with Crippen LogP contribution in [0.2, 0.25) is 0 Å². The van der Waals surface area contributed by atoms with E-state index < -0.39 is 5.97 Å². The van der Waals surface area contributed by atoms with Crippen LogP contribution >= 0.6 is 0 Å². The Balaban J connectivity index is 1.94. The van der Waals surface area contributed by atoms with Crippen molar-refractivity contribution in [3.05, 3.63) is 47.8 Å². The van der Waals surface area contributed by atoms with E-state index in [0.717, 1.165) is 11.3 Å². The highest BCUT2D eigenvalue weighted by Gasteiger charge is 2.33. The summed E-state index contributed by atoms with van der Waals surface area (Å²) in [4.78, 5) is 25.2. The SMILES string of the molecule is Cn1cc(C(=O)N2CC(CC(=O)O)c3ccccc32)cn1. The molecule has 1 amide bonds. The molecular weight excluding hydrogens is 270 g/mol. The second-order valence-electron chi connectivity index (χ2n) is 5.17. The average Bonchev–Trinajstić information content (AvgIpc) is 3.03. The Hall–Kier alpha value is -2.63. The molecule has 0 radical (unpaired) electrons. The molecule has 2 heterocycles. The van der Waals surface area contributed by atoms with Crippen LogP contribution in [0.3, 0.4) is 0 Å². The number of para-hydroxylation sites is 1. The number of rotatable bonds is 3. The Morgan fingerprint density at radius 1 is 1.38 bits per heavy atom. The first-order valence-corrected chi connectivity index (χ1v) is 6.67. The molecule has 1 aromatic heterocycles. The van der Waals surface area contributed by atoms with E-state index in [0.29, 0.717) is 12.1 Å². The molecule has 0 saturated heterocycles. The van der Waals surface area contributed by atoms with Crippen molar-refractivity contribution in [2.45, 2.75) is 12.3 Å². The number of aliphatic carboxylic acids is 1. The van der Waals surface area contributed by atoms with E-state index in [1.165, 1.54) is 6.20 Å². The summed E-state index contributed by atoms with van der Waals surface area (Å²) < 4.78 is 1.57. The molecule has 0 aliphatic carbocycles. The zero-order valence-corrected chi connectivity index (χ0v) is 11.6. The number of nitrogens with zero attached hydrogens (tertiary/aromatic N) is 3. The molecule has 1 atom stereocenters. The van der Waals surface area contributed by atoms with Gasteiger partial charge in [0.05, 0.1) is 18.2 Å². The zero-order chi connectivity index (χ0) is 15.0. The first-order chi connectivity index (χ1) is 10.1. The number of carbonyl (C=O) groups is 2. The standard InChI is InChI=1S/C15H15N3O3/c1-17-8-11(7-16-17)15(21)18-9-10(6-14(19)20)12-4-2-3-5-13(12)18/h2-5,7-8,10H,6,9H2,1H3,(H,19,20). The topological polar surface area (TPSA) is 75.4 Å². The van der Waals surface area contributed by atoms with Gasteiger partial charge in [-0.25, -0.2) is 0 Å². The highest BCUT2D eigenvalue weighted by atomic mass is 16.4. The highest BCUT2D eigenvalue weighted by Crippen LogP contribution is 2.38. The number of hydrogen-bond acceptors (Lipinski definition) is 3. The minimum absolute atomic E-state index is 0.0217. The molecule has 3 rings (SSSR count). The number of carboxylic acid groups (broad SMARTS) is 1. The van der Waals surface area contributed by atoms with Gasteiger partial charge in [-0.05, 0) is 11.6 Å². The molecule has 0 spiro atoms. The van der Waals surface area contributed by atoms with Crippen LogP contribution in [0, 0.1) is 0 Å². The number of carboxylic acids is 1. The molecule has 1 N–H and O–H groups in total. The predicted molar refractivity (Wildman–Crippen MR) is 76.3 cm³/mol. The number of benzene rings is 1. The summed E-state index contributed by atoms with van der Waals surface area (Å²) in [5.74, 6) is -1.17. The first-order valence-electron chi connectivity index (χ1n) is 6.67. The van der Waals surface area contributed by atoms with E-state index in [4.69, 9.17) is 5.11 Å². The van der Waals surface area contributed by atoms with Gasteiger partial charge in [0.2, 0.25) is 0 Å². The molecule has 6 nitrogen and oxygen atoms in total. The minimum atomic E-state index is -0.856. The smallest absolute Gasteiger partial charge is 0.304 e. The molecule has 1 aliphatic heterocycles. The number of anilines is 1. The number of amides is 1. The fourth-order valence-electron chi connectivity index (χ4n) is 2.76. The molecule has 1 aromatic carbocycles. The summed E-state index contributed by atoms with van der Waals surface area (Å²) in [6.45, 7) is 0.388. The van der Waals surface area contributed by atoms with Gasteiger partial charge in [-0.2, -0.15) is 5.10 Å². The molecule has 1 unspecified atom stereocenters. The van der Waals surface area contributed by atoms with Crippen molar-refractivity contribution in [2.75, 3.05) is 11.4 Å². The summed E-state index contributed by atoms with van der Waals surface area (Å²) in [5.41, 5.74) is 2.21. The van der Waals surface area contributed by atoms with Crippen LogP contribution in [0.4, 0.5) is 5.69 Å². The Morgan fingerprint density at radius 2 is 2.14 bits per heavy atom. The van der Waals surface area contributed by atoms with E-state index in [1.807, 2.05) is 24.3 Å².